The number of carboxylic acids is 1. The summed E-state index contributed by atoms with van der Waals surface area (Å²) in [4.78, 5) is 16.1. The molecule has 1 aliphatic rings. The van der Waals surface area contributed by atoms with Gasteiger partial charge in [-0.3, -0.25) is 4.79 Å². The van der Waals surface area contributed by atoms with Crippen LogP contribution < -0.4 is 0 Å². The Bertz CT molecular complexity index is 342. The van der Waals surface area contributed by atoms with Gasteiger partial charge in [0, 0.05) is 30.9 Å². The third kappa shape index (κ3) is 2.44. The molecule has 88 valence electrons. The van der Waals surface area contributed by atoms with Gasteiger partial charge < -0.3 is 15.0 Å². The number of likely N-dealkylation sites (N-methyl/N-ethyl adjacent to an activating group) is 1. The molecule has 1 aromatic heterocycles. The number of nitrogens with zero attached hydrogens (tertiary/aromatic N) is 1. The Labute approximate surface area is 95.3 Å². The second kappa shape index (κ2) is 4.70. The van der Waals surface area contributed by atoms with Crippen LogP contribution in [-0.2, 0) is 11.2 Å². The molecule has 0 spiro atoms. The molecule has 2 rings (SSSR count). The van der Waals surface area contributed by atoms with E-state index in [9.17, 15) is 4.79 Å². The topological polar surface area (TPSA) is 56.3 Å². The summed E-state index contributed by atoms with van der Waals surface area (Å²) in [7, 11) is 2.08. The summed E-state index contributed by atoms with van der Waals surface area (Å²) < 4.78 is 0. The fraction of sp³-hybridized carbons (Fsp3) is 0.583. The van der Waals surface area contributed by atoms with E-state index < -0.39 is 5.97 Å². The first-order valence-corrected chi connectivity index (χ1v) is 5.72. The lowest BCUT2D eigenvalue weighted by Crippen LogP contribution is -2.45. The first-order valence-electron chi connectivity index (χ1n) is 5.72. The quantitative estimate of drug-likeness (QED) is 0.790. The molecule has 0 amide bonds. The van der Waals surface area contributed by atoms with Gasteiger partial charge in [-0.05, 0) is 32.0 Å². The third-order valence-electron chi connectivity index (χ3n) is 3.48. The minimum absolute atomic E-state index is 0.113. The van der Waals surface area contributed by atoms with E-state index in [1.807, 2.05) is 12.3 Å². The smallest absolute Gasteiger partial charge is 0.306 e. The van der Waals surface area contributed by atoms with Crippen molar-refractivity contribution in [3.05, 3.63) is 24.0 Å². The van der Waals surface area contributed by atoms with Crippen molar-refractivity contribution in [2.75, 3.05) is 13.6 Å². The van der Waals surface area contributed by atoms with E-state index >= 15 is 0 Å². The van der Waals surface area contributed by atoms with E-state index in [1.54, 1.807) is 0 Å². The average molecular weight is 222 g/mol. The highest BCUT2D eigenvalue weighted by Gasteiger charge is 2.36. The van der Waals surface area contributed by atoms with Gasteiger partial charge in [0.15, 0.2) is 0 Å². The minimum atomic E-state index is -0.644. The molecule has 4 nitrogen and oxygen atoms in total. The largest absolute Gasteiger partial charge is 0.481 e. The number of aromatic amines is 1. The fourth-order valence-electron chi connectivity index (χ4n) is 2.15. The maximum Gasteiger partial charge on any atom is 0.306 e. The van der Waals surface area contributed by atoms with Crippen molar-refractivity contribution >= 4 is 5.97 Å². The molecule has 1 heterocycles. The summed E-state index contributed by atoms with van der Waals surface area (Å²) in [6.07, 6.45) is 4.53. The molecule has 1 aliphatic carbocycles. The van der Waals surface area contributed by atoms with Crippen LogP contribution in [0.15, 0.2) is 18.3 Å². The maximum absolute atomic E-state index is 10.7. The molecule has 0 aliphatic heterocycles. The molecule has 4 heteroatoms. The summed E-state index contributed by atoms with van der Waals surface area (Å²) in [5.41, 5.74) is 1.24. The first-order chi connectivity index (χ1) is 7.66. The zero-order valence-electron chi connectivity index (χ0n) is 9.52. The average Bonchev–Trinajstić information content (AvgIpc) is 2.63. The lowest BCUT2D eigenvalue weighted by Gasteiger charge is -2.39. The normalized spacial score (nSPS) is 24.4. The van der Waals surface area contributed by atoms with Gasteiger partial charge in [0.1, 0.15) is 0 Å². The lowest BCUT2D eigenvalue weighted by atomic mass is 9.79. The van der Waals surface area contributed by atoms with Crippen molar-refractivity contribution in [2.24, 2.45) is 5.92 Å². The van der Waals surface area contributed by atoms with Gasteiger partial charge in [-0.25, -0.2) is 0 Å². The van der Waals surface area contributed by atoms with Crippen molar-refractivity contribution in [1.29, 1.82) is 0 Å². The van der Waals surface area contributed by atoms with Gasteiger partial charge >= 0.3 is 5.97 Å². The minimum Gasteiger partial charge on any atom is -0.481 e. The summed E-state index contributed by atoms with van der Waals surface area (Å²) in [5, 5.41) is 8.79. The molecule has 0 bridgehead atoms. The van der Waals surface area contributed by atoms with Gasteiger partial charge in [0.05, 0.1) is 5.92 Å². The second-order valence-electron chi connectivity index (χ2n) is 4.59. The molecule has 0 atom stereocenters. The molecule has 0 unspecified atom stereocenters. The lowest BCUT2D eigenvalue weighted by molar-refractivity contribution is -0.146. The summed E-state index contributed by atoms with van der Waals surface area (Å²) in [6.45, 7) is 0.984. The van der Waals surface area contributed by atoms with Gasteiger partial charge in [-0.15, -0.1) is 0 Å². The van der Waals surface area contributed by atoms with Crippen LogP contribution in [0.2, 0.25) is 0 Å². The van der Waals surface area contributed by atoms with Crippen molar-refractivity contribution in [3.63, 3.8) is 0 Å². The van der Waals surface area contributed by atoms with Crippen molar-refractivity contribution in [1.82, 2.24) is 9.88 Å². The predicted molar refractivity (Wildman–Crippen MR) is 61.3 cm³/mol. The number of H-pyrrole nitrogens is 1. The zero-order valence-corrected chi connectivity index (χ0v) is 9.52. The van der Waals surface area contributed by atoms with Crippen LogP contribution in [0.4, 0.5) is 0 Å². The Kier molecular flexibility index (Phi) is 3.29. The highest BCUT2D eigenvalue weighted by atomic mass is 16.4. The first kappa shape index (κ1) is 11.2. The van der Waals surface area contributed by atoms with Gasteiger partial charge in [0.25, 0.3) is 0 Å². The Hall–Kier alpha value is -1.29. The van der Waals surface area contributed by atoms with E-state index in [-0.39, 0.29) is 5.92 Å². The maximum atomic E-state index is 10.7. The monoisotopic (exact) mass is 222 g/mol. The van der Waals surface area contributed by atoms with Crippen LogP contribution in [0.25, 0.3) is 0 Å². The fourth-order valence-corrected chi connectivity index (χ4v) is 2.15. The number of rotatable bonds is 5. The SMILES string of the molecule is CN(CCc1ccc[nH]1)C1CC(C(=O)O)C1. The van der Waals surface area contributed by atoms with E-state index in [0.29, 0.717) is 6.04 Å². The van der Waals surface area contributed by atoms with Crippen LogP contribution in [0.5, 0.6) is 0 Å². The van der Waals surface area contributed by atoms with Crippen LogP contribution in [0.1, 0.15) is 18.5 Å². The van der Waals surface area contributed by atoms with Gasteiger partial charge in [-0.1, -0.05) is 0 Å². The molecule has 0 radical (unpaired) electrons. The van der Waals surface area contributed by atoms with E-state index in [0.717, 1.165) is 25.8 Å². The van der Waals surface area contributed by atoms with Crippen molar-refractivity contribution in [3.8, 4) is 0 Å². The molecule has 1 fully saturated rings. The van der Waals surface area contributed by atoms with Crippen LogP contribution in [0, 0.1) is 5.92 Å². The Morgan fingerprint density at radius 2 is 2.38 bits per heavy atom. The van der Waals surface area contributed by atoms with Crippen LogP contribution in [-0.4, -0.2) is 40.6 Å². The predicted octanol–water partition coefficient (Wildman–Crippen LogP) is 1.35. The molecular weight excluding hydrogens is 204 g/mol. The molecule has 0 saturated heterocycles. The Morgan fingerprint density at radius 1 is 1.62 bits per heavy atom. The number of nitrogens with one attached hydrogen (secondary N) is 1. The molecular formula is C12H18N2O2. The molecule has 2 N–H and O–H groups in total. The summed E-state index contributed by atoms with van der Waals surface area (Å²) in [5.74, 6) is -0.757. The second-order valence-corrected chi connectivity index (χ2v) is 4.59. The van der Waals surface area contributed by atoms with Crippen LogP contribution >= 0.6 is 0 Å². The third-order valence-corrected chi connectivity index (χ3v) is 3.48. The summed E-state index contributed by atoms with van der Waals surface area (Å²) >= 11 is 0. The molecule has 0 aromatic carbocycles. The highest BCUT2D eigenvalue weighted by molar-refractivity contribution is 5.71. The van der Waals surface area contributed by atoms with Gasteiger partial charge in [-0.2, -0.15) is 0 Å². The number of carboxylic acid groups (broad SMARTS) is 1. The molecule has 1 saturated carbocycles. The molecule has 16 heavy (non-hydrogen) atoms. The van der Waals surface area contributed by atoms with E-state index in [2.05, 4.69) is 23.0 Å². The number of carbonyl (C=O) groups is 1. The van der Waals surface area contributed by atoms with Gasteiger partial charge in [0.2, 0.25) is 0 Å². The van der Waals surface area contributed by atoms with Crippen molar-refractivity contribution in [2.45, 2.75) is 25.3 Å². The Balaban J connectivity index is 1.70. The molecule has 1 aromatic rings. The number of hydrogen-bond acceptors (Lipinski definition) is 2. The Morgan fingerprint density at radius 3 is 2.94 bits per heavy atom. The standard InChI is InChI=1S/C12H18N2O2/c1-14(6-4-10-3-2-5-13-10)11-7-9(8-11)12(15)16/h2-3,5,9,11,13H,4,6-8H2,1H3,(H,15,16). The zero-order chi connectivity index (χ0) is 11.5. The summed E-state index contributed by atoms with van der Waals surface area (Å²) in [6, 6.07) is 4.53. The van der Waals surface area contributed by atoms with E-state index in [1.165, 1.54) is 5.69 Å². The van der Waals surface area contributed by atoms with Crippen molar-refractivity contribution < 1.29 is 9.90 Å². The number of aromatic nitrogens is 1. The number of aliphatic carboxylic acids is 1. The van der Waals surface area contributed by atoms with E-state index in [4.69, 9.17) is 5.11 Å². The highest BCUT2D eigenvalue weighted by Crippen LogP contribution is 2.31. The number of hydrogen-bond donors (Lipinski definition) is 2. The van der Waals surface area contributed by atoms with Crippen LogP contribution in [0.3, 0.4) is 0 Å².